The molecule has 2 aromatic rings. The van der Waals surface area contributed by atoms with Crippen LogP contribution in [-0.4, -0.2) is 17.4 Å². The molecule has 1 aromatic heterocycles. The summed E-state index contributed by atoms with van der Waals surface area (Å²) in [6.45, 7) is 3.23. The molecule has 0 spiro atoms. The fourth-order valence-corrected chi connectivity index (χ4v) is 3.55. The SMILES string of the molecule is CC(N)(C(=O)N1CCc2sccc2C1)c1ccccc1.Cl. The minimum atomic E-state index is -0.964. The molecule has 2 N–H and O–H groups in total. The van der Waals surface area contributed by atoms with Crippen molar-refractivity contribution in [3.63, 3.8) is 0 Å². The number of nitrogens with two attached hydrogens (primary N) is 1. The minimum Gasteiger partial charge on any atom is -0.336 e. The highest BCUT2D eigenvalue weighted by molar-refractivity contribution is 7.10. The Morgan fingerprint density at radius 1 is 1.29 bits per heavy atom. The lowest BCUT2D eigenvalue weighted by atomic mass is 9.91. The van der Waals surface area contributed by atoms with Crippen molar-refractivity contribution in [2.24, 2.45) is 5.73 Å². The number of benzene rings is 1. The lowest BCUT2D eigenvalue weighted by Gasteiger charge is -2.34. The number of rotatable bonds is 2. The number of carbonyl (C=O) groups excluding carboxylic acids is 1. The number of hydrogen-bond donors (Lipinski definition) is 1. The molecule has 0 aliphatic carbocycles. The Labute approximate surface area is 135 Å². The van der Waals surface area contributed by atoms with E-state index in [4.69, 9.17) is 5.73 Å². The number of hydrogen-bond acceptors (Lipinski definition) is 3. The number of amides is 1. The number of fused-ring (bicyclic) bond motifs is 1. The highest BCUT2D eigenvalue weighted by Crippen LogP contribution is 2.27. The van der Waals surface area contributed by atoms with Crippen LogP contribution >= 0.6 is 23.7 Å². The van der Waals surface area contributed by atoms with Crippen LogP contribution < -0.4 is 5.73 Å². The van der Waals surface area contributed by atoms with E-state index in [0.29, 0.717) is 6.54 Å². The molecule has 0 saturated heterocycles. The highest BCUT2D eigenvalue weighted by atomic mass is 35.5. The summed E-state index contributed by atoms with van der Waals surface area (Å²) >= 11 is 1.77. The van der Waals surface area contributed by atoms with Crippen molar-refractivity contribution in [3.05, 3.63) is 57.8 Å². The quantitative estimate of drug-likeness (QED) is 0.924. The molecule has 2 heterocycles. The molecule has 1 unspecified atom stereocenters. The molecule has 3 nitrogen and oxygen atoms in total. The van der Waals surface area contributed by atoms with E-state index >= 15 is 0 Å². The Morgan fingerprint density at radius 3 is 2.71 bits per heavy atom. The van der Waals surface area contributed by atoms with Gasteiger partial charge >= 0.3 is 0 Å². The third-order valence-corrected chi connectivity index (χ3v) is 4.94. The first-order valence-corrected chi connectivity index (χ1v) is 7.66. The van der Waals surface area contributed by atoms with E-state index in [1.807, 2.05) is 35.2 Å². The zero-order valence-electron chi connectivity index (χ0n) is 11.9. The Morgan fingerprint density at radius 2 is 2.00 bits per heavy atom. The molecule has 21 heavy (non-hydrogen) atoms. The van der Waals surface area contributed by atoms with Gasteiger partial charge in [-0.1, -0.05) is 30.3 Å². The molecule has 5 heteroatoms. The number of halogens is 1. The molecular weight excluding hydrogens is 304 g/mol. The van der Waals surface area contributed by atoms with Gasteiger partial charge in [-0.3, -0.25) is 4.79 Å². The van der Waals surface area contributed by atoms with E-state index in [1.165, 1.54) is 10.4 Å². The molecule has 0 fully saturated rings. The van der Waals surface area contributed by atoms with Crippen LogP contribution in [0.3, 0.4) is 0 Å². The first-order chi connectivity index (χ1) is 9.59. The van der Waals surface area contributed by atoms with E-state index in [2.05, 4.69) is 11.4 Å². The first kappa shape index (κ1) is 16.0. The molecule has 0 bridgehead atoms. The molecule has 0 saturated carbocycles. The summed E-state index contributed by atoms with van der Waals surface area (Å²) in [7, 11) is 0. The smallest absolute Gasteiger partial charge is 0.247 e. The summed E-state index contributed by atoms with van der Waals surface area (Å²) in [6.07, 6.45) is 0.934. The van der Waals surface area contributed by atoms with Crippen LogP contribution in [0, 0.1) is 0 Å². The predicted octanol–water partition coefficient (Wildman–Crippen LogP) is 2.93. The standard InChI is InChI=1S/C16H18N2OS.ClH/c1-16(17,13-5-3-2-4-6-13)15(19)18-9-7-14-12(11-18)8-10-20-14;/h2-6,8,10H,7,9,11,17H2,1H3;1H. The van der Waals surface area contributed by atoms with Gasteiger partial charge in [-0.05, 0) is 35.9 Å². The van der Waals surface area contributed by atoms with Crippen LogP contribution in [0.25, 0.3) is 0 Å². The van der Waals surface area contributed by atoms with Crippen LogP contribution in [0.4, 0.5) is 0 Å². The Kier molecular flexibility index (Phi) is 4.71. The molecule has 1 aromatic carbocycles. The van der Waals surface area contributed by atoms with Gasteiger partial charge in [0.15, 0.2) is 0 Å². The van der Waals surface area contributed by atoms with Gasteiger partial charge in [-0.15, -0.1) is 23.7 Å². The zero-order chi connectivity index (χ0) is 14.2. The van der Waals surface area contributed by atoms with Crippen LogP contribution in [0.15, 0.2) is 41.8 Å². The topological polar surface area (TPSA) is 46.3 Å². The van der Waals surface area contributed by atoms with Crippen LogP contribution in [0.2, 0.25) is 0 Å². The van der Waals surface area contributed by atoms with Gasteiger partial charge in [0, 0.05) is 18.0 Å². The van der Waals surface area contributed by atoms with Crippen molar-refractivity contribution in [2.45, 2.75) is 25.4 Å². The Bertz CT molecular complexity index is 624. The van der Waals surface area contributed by atoms with Crippen molar-refractivity contribution in [1.82, 2.24) is 4.90 Å². The molecule has 1 amide bonds. The second kappa shape index (κ2) is 6.18. The second-order valence-corrected chi connectivity index (χ2v) is 6.41. The first-order valence-electron chi connectivity index (χ1n) is 6.78. The number of nitrogens with zero attached hydrogens (tertiary/aromatic N) is 1. The monoisotopic (exact) mass is 322 g/mol. The molecule has 0 radical (unpaired) electrons. The summed E-state index contributed by atoms with van der Waals surface area (Å²) in [5, 5.41) is 2.09. The van der Waals surface area contributed by atoms with Crippen molar-refractivity contribution in [1.29, 1.82) is 0 Å². The van der Waals surface area contributed by atoms with Crippen molar-refractivity contribution < 1.29 is 4.79 Å². The highest BCUT2D eigenvalue weighted by Gasteiger charge is 2.35. The Hall–Kier alpha value is -1.36. The lowest BCUT2D eigenvalue weighted by Crippen LogP contribution is -2.51. The van der Waals surface area contributed by atoms with Crippen LogP contribution in [-0.2, 0) is 23.3 Å². The van der Waals surface area contributed by atoms with Gasteiger partial charge in [0.05, 0.1) is 0 Å². The molecule has 3 rings (SSSR count). The number of thiophene rings is 1. The van der Waals surface area contributed by atoms with Gasteiger partial charge in [0.1, 0.15) is 5.54 Å². The van der Waals surface area contributed by atoms with Gasteiger partial charge < -0.3 is 10.6 Å². The fourth-order valence-electron chi connectivity index (χ4n) is 2.66. The minimum absolute atomic E-state index is 0. The molecular formula is C16H19ClN2OS. The summed E-state index contributed by atoms with van der Waals surface area (Å²) in [4.78, 5) is 16.0. The van der Waals surface area contributed by atoms with E-state index in [-0.39, 0.29) is 18.3 Å². The lowest BCUT2D eigenvalue weighted by molar-refractivity contribution is -0.137. The number of carbonyl (C=O) groups is 1. The average Bonchev–Trinajstić information content (AvgIpc) is 2.94. The van der Waals surface area contributed by atoms with Crippen LogP contribution in [0.1, 0.15) is 22.9 Å². The fraction of sp³-hybridized carbons (Fsp3) is 0.312. The molecule has 112 valence electrons. The average molecular weight is 323 g/mol. The predicted molar refractivity (Wildman–Crippen MR) is 88.7 cm³/mol. The summed E-state index contributed by atoms with van der Waals surface area (Å²) in [5.74, 6) is 0.000509. The summed E-state index contributed by atoms with van der Waals surface area (Å²) < 4.78 is 0. The maximum absolute atomic E-state index is 12.8. The van der Waals surface area contributed by atoms with Gasteiger partial charge in [0.2, 0.25) is 5.91 Å². The zero-order valence-corrected chi connectivity index (χ0v) is 13.5. The van der Waals surface area contributed by atoms with Gasteiger partial charge in [-0.2, -0.15) is 0 Å². The van der Waals surface area contributed by atoms with E-state index < -0.39 is 5.54 Å². The van der Waals surface area contributed by atoms with E-state index in [0.717, 1.165) is 18.5 Å². The molecule has 1 aliphatic rings. The molecule has 1 aliphatic heterocycles. The Balaban J connectivity index is 0.00000161. The summed E-state index contributed by atoms with van der Waals surface area (Å²) in [6, 6.07) is 11.7. The third-order valence-electron chi connectivity index (χ3n) is 3.91. The normalized spacial score (nSPS) is 16.6. The van der Waals surface area contributed by atoms with Crippen molar-refractivity contribution in [2.75, 3.05) is 6.54 Å². The van der Waals surface area contributed by atoms with Crippen molar-refractivity contribution in [3.8, 4) is 0 Å². The van der Waals surface area contributed by atoms with E-state index in [9.17, 15) is 4.79 Å². The third kappa shape index (κ3) is 2.98. The van der Waals surface area contributed by atoms with E-state index in [1.54, 1.807) is 18.3 Å². The van der Waals surface area contributed by atoms with Crippen molar-refractivity contribution >= 4 is 29.7 Å². The van der Waals surface area contributed by atoms with Gasteiger partial charge in [0.25, 0.3) is 0 Å². The second-order valence-electron chi connectivity index (χ2n) is 5.41. The maximum atomic E-state index is 12.8. The largest absolute Gasteiger partial charge is 0.336 e. The van der Waals surface area contributed by atoms with Gasteiger partial charge in [-0.25, -0.2) is 0 Å². The molecule has 1 atom stereocenters. The maximum Gasteiger partial charge on any atom is 0.247 e. The van der Waals surface area contributed by atoms with Crippen LogP contribution in [0.5, 0.6) is 0 Å². The summed E-state index contributed by atoms with van der Waals surface area (Å²) in [5.41, 5.74) is 7.48.